The molecule has 0 saturated heterocycles. The molecule has 350 valence electrons. The van der Waals surface area contributed by atoms with Gasteiger partial charge in [0, 0.05) is 17.1 Å². The van der Waals surface area contributed by atoms with E-state index < -0.39 is 48.4 Å². The van der Waals surface area contributed by atoms with Crippen molar-refractivity contribution in [3.63, 3.8) is 0 Å². The molecule has 0 aliphatic rings. The molecule has 67 heavy (non-hydrogen) atoms. The molecule has 0 aliphatic carbocycles. The first-order valence-electron chi connectivity index (χ1n) is 24.6. The Hall–Kier alpha value is -4.36. The summed E-state index contributed by atoms with van der Waals surface area (Å²) in [4.78, 5) is 2.39. The third-order valence-corrected chi connectivity index (χ3v) is 25.0. The van der Waals surface area contributed by atoms with Gasteiger partial charge < -0.3 is 4.90 Å². The Bertz CT molecular complexity index is 2350. The van der Waals surface area contributed by atoms with Gasteiger partial charge >= 0.3 is 0 Å². The molecule has 0 atom stereocenters. The highest BCUT2D eigenvalue weighted by atomic mass is 28.3. The zero-order valence-corrected chi connectivity index (χ0v) is 50.5. The molecule has 0 aliphatic heterocycles. The van der Waals surface area contributed by atoms with Gasteiger partial charge in [0.2, 0.25) is 0 Å². The van der Waals surface area contributed by atoms with Crippen LogP contribution >= 0.6 is 0 Å². The molecular formula is C60H81NSi6. The Morgan fingerprint density at radius 3 is 0.552 bits per heavy atom. The molecule has 6 rings (SSSR count). The molecule has 1 nitrogen and oxygen atoms in total. The Balaban J connectivity index is 1.34. The van der Waals surface area contributed by atoms with Crippen LogP contribution in [0.4, 0.5) is 17.1 Å². The van der Waals surface area contributed by atoms with E-state index in [-0.39, 0.29) is 0 Å². The van der Waals surface area contributed by atoms with Crippen molar-refractivity contribution < 1.29 is 0 Å². The van der Waals surface area contributed by atoms with Crippen molar-refractivity contribution >= 4 is 133 Å². The van der Waals surface area contributed by atoms with Crippen LogP contribution in [0.25, 0.3) is 36.5 Å². The van der Waals surface area contributed by atoms with Gasteiger partial charge in [-0.05, 0) is 69.8 Å². The van der Waals surface area contributed by atoms with Gasteiger partial charge in [-0.25, -0.2) is 0 Å². The molecule has 0 saturated carbocycles. The third-order valence-electron chi connectivity index (χ3n) is 12.9. The molecule has 0 N–H and O–H groups in total. The maximum absolute atomic E-state index is 2.51. The summed E-state index contributed by atoms with van der Waals surface area (Å²) in [5.74, 6) is 0. The van der Waals surface area contributed by atoms with Crippen LogP contribution in [0.5, 0.6) is 0 Å². The Labute approximate surface area is 413 Å². The smallest absolute Gasteiger partial charge is 0.0776 e. The van der Waals surface area contributed by atoms with E-state index in [1.165, 1.54) is 33.4 Å². The largest absolute Gasteiger partial charge is 0.311 e. The lowest BCUT2D eigenvalue weighted by atomic mass is 10.1. The predicted octanol–water partition coefficient (Wildman–Crippen LogP) is 14.9. The van der Waals surface area contributed by atoms with E-state index in [0.717, 1.165) is 17.1 Å². The number of nitrogens with zero attached hydrogens (tertiary/aromatic N) is 1. The molecule has 0 amide bonds. The van der Waals surface area contributed by atoms with Crippen molar-refractivity contribution in [3.8, 4) is 0 Å². The van der Waals surface area contributed by atoms with Gasteiger partial charge in [-0.3, -0.25) is 0 Å². The summed E-state index contributed by atoms with van der Waals surface area (Å²) in [6.07, 6.45) is 13.8. The lowest BCUT2D eigenvalue weighted by Gasteiger charge is -2.26. The first-order valence-corrected chi connectivity index (χ1v) is 45.6. The molecule has 0 aromatic heterocycles. The molecule has 6 aromatic carbocycles. The second-order valence-corrected chi connectivity index (χ2v) is 55.6. The topological polar surface area (TPSA) is 3.24 Å². The minimum atomic E-state index is -1.47. The molecule has 0 fully saturated rings. The van der Waals surface area contributed by atoms with Crippen LogP contribution in [-0.2, 0) is 0 Å². The van der Waals surface area contributed by atoms with Crippen LogP contribution in [0.1, 0.15) is 33.4 Å². The van der Waals surface area contributed by atoms with Gasteiger partial charge in [-0.1, -0.05) is 276 Å². The molecule has 0 unspecified atom stereocenters. The fraction of sp³-hybridized carbons (Fsp3) is 0.300. The lowest BCUT2D eigenvalue weighted by Crippen LogP contribution is -2.45. The van der Waals surface area contributed by atoms with E-state index in [2.05, 4.69) is 287 Å². The van der Waals surface area contributed by atoms with Crippen LogP contribution in [0.3, 0.4) is 0 Å². The van der Waals surface area contributed by atoms with Gasteiger partial charge in [-0.2, -0.15) is 0 Å². The van der Waals surface area contributed by atoms with Crippen molar-refractivity contribution in [3.05, 3.63) is 161 Å². The van der Waals surface area contributed by atoms with Gasteiger partial charge in [0.05, 0.1) is 48.4 Å². The highest BCUT2D eigenvalue weighted by Gasteiger charge is 2.25. The summed E-state index contributed by atoms with van der Waals surface area (Å²) in [6.45, 7) is 44.2. The maximum atomic E-state index is 2.51. The zero-order chi connectivity index (χ0) is 49.3. The quantitative estimate of drug-likeness (QED) is 0.0732. The van der Waals surface area contributed by atoms with E-state index in [1.807, 2.05) is 0 Å². The van der Waals surface area contributed by atoms with Crippen molar-refractivity contribution in [2.75, 3.05) is 4.90 Å². The molecule has 7 heteroatoms. The highest BCUT2D eigenvalue weighted by Crippen LogP contribution is 2.35. The average molecular weight is 985 g/mol. The van der Waals surface area contributed by atoms with Gasteiger partial charge in [0.15, 0.2) is 0 Å². The summed E-state index contributed by atoms with van der Waals surface area (Å²) >= 11 is 0. The van der Waals surface area contributed by atoms with E-state index >= 15 is 0 Å². The van der Waals surface area contributed by atoms with Crippen LogP contribution in [0.2, 0.25) is 118 Å². The Kier molecular flexibility index (Phi) is 15.5. The van der Waals surface area contributed by atoms with Crippen LogP contribution in [0, 0.1) is 0 Å². The summed E-state index contributed by atoms with van der Waals surface area (Å²) in [7, 11) is -8.82. The van der Waals surface area contributed by atoms with Crippen molar-refractivity contribution in [2.24, 2.45) is 0 Å². The fourth-order valence-corrected chi connectivity index (χ4v) is 15.6. The molecule has 0 radical (unpaired) electrons. The number of anilines is 3. The molecule has 6 aromatic rings. The standard InChI is InChI=1S/C60H81NSi6/c1-62(2,3)55-37-49(38-56(43-55)63(4,5)6)22-19-46-25-31-52(32-26-46)61(53-33-27-47(28-34-53)20-23-50-39-57(64(7,8)9)44-58(40-50)65(10,11)12)54-35-29-48(30-36-54)21-24-51-41-59(66(13,14)15)45-60(42-51)67(16,17)18/h19-45H,1-18H3/b22-19+,23-20+,24-21+. The average Bonchev–Trinajstić information content (AvgIpc) is 3.23. The van der Waals surface area contributed by atoms with Gasteiger partial charge in [-0.15, -0.1) is 0 Å². The van der Waals surface area contributed by atoms with Crippen LogP contribution < -0.4 is 36.0 Å². The minimum absolute atomic E-state index is 1.13. The molecule has 0 spiro atoms. The predicted molar refractivity (Wildman–Crippen MR) is 325 cm³/mol. The number of benzene rings is 6. The van der Waals surface area contributed by atoms with Crippen molar-refractivity contribution in [2.45, 2.75) is 118 Å². The van der Waals surface area contributed by atoms with Gasteiger partial charge in [0.1, 0.15) is 0 Å². The summed E-state index contributed by atoms with van der Waals surface area (Å²) in [6, 6.07) is 49.4. The first kappa shape index (κ1) is 52.0. The van der Waals surface area contributed by atoms with Crippen molar-refractivity contribution in [1.82, 2.24) is 0 Å². The molecule has 0 heterocycles. The summed E-state index contributed by atoms with van der Waals surface area (Å²) in [5, 5.41) is 9.26. The monoisotopic (exact) mass is 983 g/mol. The first-order chi connectivity index (χ1) is 30.9. The zero-order valence-electron chi connectivity index (χ0n) is 44.5. The third kappa shape index (κ3) is 14.1. The van der Waals surface area contributed by atoms with E-state index in [1.54, 1.807) is 31.1 Å². The van der Waals surface area contributed by atoms with Crippen LogP contribution in [-0.4, -0.2) is 48.4 Å². The normalized spacial score (nSPS) is 13.3. The fourth-order valence-electron chi connectivity index (χ4n) is 8.07. The van der Waals surface area contributed by atoms with E-state index in [9.17, 15) is 0 Å². The number of rotatable bonds is 15. The highest BCUT2D eigenvalue weighted by molar-refractivity contribution is 6.93. The van der Waals surface area contributed by atoms with Gasteiger partial charge in [0.25, 0.3) is 0 Å². The second kappa shape index (κ2) is 19.9. The number of hydrogen-bond donors (Lipinski definition) is 0. The van der Waals surface area contributed by atoms with Crippen LogP contribution in [0.15, 0.2) is 127 Å². The Morgan fingerprint density at radius 1 is 0.224 bits per heavy atom. The summed E-state index contributed by atoms with van der Waals surface area (Å²) < 4.78 is 0. The SMILES string of the molecule is C[Si](C)(C)c1cc(/C=C/c2ccc(N(c3ccc(/C=C/c4cc([Si](C)(C)C)cc([Si](C)(C)C)c4)cc3)c3ccc(/C=C/c4cc([Si](C)(C)C)cc([Si](C)(C)C)c4)cc3)cc2)cc([Si](C)(C)C)c1. The maximum Gasteiger partial charge on any atom is 0.0776 e. The van der Waals surface area contributed by atoms with E-state index in [0.29, 0.717) is 0 Å². The lowest BCUT2D eigenvalue weighted by molar-refractivity contribution is 1.28. The number of hydrogen-bond acceptors (Lipinski definition) is 1. The molecule has 0 bridgehead atoms. The summed E-state index contributed by atoms with van der Waals surface area (Å²) in [5.41, 5.74) is 10.9. The van der Waals surface area contributed by atoms with Crippen molar-refractivity contribution in [1.29, 1.82) is 0 Å². The minimum Gasteiger partial charge on any atom is -0.311 e. The second-order valence-electron chi connectivity index (χ2n) is 25.1. The Morgan fingerprint density at radius 2 is 0.388 bits per heavy atom. The molecular weight excluding hydrogens is 903 g/mol. The van der Waals surface area contributed by atoms with E-state index in [4.69, 9.17) is 0 Å².